The second kappa shape index (κ2) is 11.1. The van der Waals surface area contributed by atoms with E-state index in [1.165, 1.54) is 0 Å². The Balaban J connectivity index is 3.60. The van der Waals surface area contributed by atoms with Crippen LogP contribution < -0.4 is 10.9 Å². The first kappa shape index (κ1) is 18.3. The predicted octanol–water partition coefficient (Wildman–Crippen LogP) is 2.06. The van der Waals surface area contributed by atoms with E-state index in [4.69, 9.17) is 0 Å². The van der Waals surface area contributed by atoms with Gasteiger partial charge in [-0.25, -0.2) is 10.9 Å². The number of hydrogen-bond donors (Lipinski definition) is 2. The molecule has 0 aromatic carbocycles. The smallest absolute Gasteiger partial charge is 0.240 e. The third-order valence-electron chi connectivity index (χ3n) is 2.18. The van der Waals surface area contributed by atoms with Crippen LogP contribution in [0.2, 0.25) is 0 Å². The summed E-state index contributed by atoms with van der Waals surface area (Å²) in [5.74, 6) is 0.371. The van der Waals surface area contributed by atoms with Gasteiger partial charge in [0, 0.05) is 25.3 Å². The summed E-state index contributed by atoms with van der Waals surface area (Å²) in [6.45, 7) is 7.93. The topological polar surface area (TPSA) is 82.9 Å². The second-order valence-corrected chi connectivity index (χ2v) is 5.32. The fourth-order valence-corrected chi connectivity index (χ4v) is 1.20. The number of hydrogen-bond acceptors (Lipinski definition) is 4. The Bertz CT molecular complexity index is 315. The van der Waals surface area contributed by atoms with Crippen LogP contribution >= 0.6 is 0 Å². The molecular weight excluding hydrogens is 256 g/mol. The maximum atomic E-state index is 11.4. The van der Waals surface area contributed by atoms with E-state index >= 15 is 0 Å². The van der Waals surface area contributed by atoms with Gasteiger partial charge in [0.25, 0.3) is 0 Å². The largest absolute Gasteiger partial charge is 0.273 e. The summed E-state index contributed by atoms with van der Waals surface area (Å²) >= 11 is 0. The van der Waals surface area contributed by atoms with E-state index in [0.29, 0.717) is 37.5 Å². The molecule has 2 amide bonds. The van der Waals surface area contributed by atoms with E-state index in [2.05, 4.69) is 21.1 Å². The zero-order valence-corrected chi connectivity index (χ0v) is 12.8. The standard InChI is InChI=1S/C14H26N4O2/c1-11(2)9-15-17-13(19)7-5-6-8-14(20)18-16-10-12(3)4/h9-12H,5-8H2,1-4H3,(H,17,19)(H,18,20)/b15-9-,16-10+. The second-order valence-electron chi connectivity index (χ2n) is 5.32. The van der Waals surface area contributed by atoms with Gasteiger partial charge in [0.05, 0.1) is 0 Å². The number of hydrazone groups is 2. The molecule has 0 saturated heterocycles. The first-order chi connectivity index (χ1) is 9.41. The molecule has 0 aromatic rings. The molecule has 0 rings (SSSR count). The molecule has 114 valence electrons. The zero-order chi connectivity index (χ0) is 15.4. The van der Waals surface area contributed by atoms with Crippen LogP contribution in [0.4, 0.5) is 0 Å². The summed E-state index contributed by atoms with van der Waals surface area (Å²) in [7, 11) is 0. The predicted molar refractivity (Wildman–Crippen MR) is 81.4 cm³/mol. The van der Waals surface area contributed by atoms with Gasteiger partial charge in [-0.15, -0.1) is 0 Å². The van der Waals surface area contributed by atoms with Crippen LogP contribution in [0.25, 0.3) is 0 Å². The maximum Gasteiger partial charge on any atom is 0.240 e. The van der Waals surface area contributed by atoms with Gasteiger partial charge in [-0.1, -0.05) is 27.7 Å². The Morgan fingerprint density at radius 3 is 1.50 bits per heavy atom. The van der Waals surface area contributed by atoms with Crippen LogP contribution in [-0.4, -0.2) is 24.2 Å². The van der Waals surface area contributed by atoms with Crippen LogP contribution in [-0.2, 0) is 9.59 Å². The summed E-state index contributed by atoms with van der Waals surface area (Å²) < 4.78 is 0. The van der Waals surface area contributed by atoms with E-state index in [1.54, 1.807) is 12.4 Å². The van der Waals surface area contributed by atoms with Crippen molar-refractivity contribution in [2.75, 3.05) is 0 Å². The van der Waals surface area contributed by atoms with Gasteiger partial charge in [0.1, 0.15) is 0 Å². The van der Waals surface area contributed by atoms with Crippen LogP contribution in [0, 0.1) is 11.8 Å². The van der Waals surface area contributed by atoms with E-state index in [0.717, 1.165) is 0 Å². The summed E-state index contributed by atoms with van der Waals surface area (Å²) in [6, 6.07) is 0. The van der Waals surface area contributed by atoms with E-state index < -0.39 is 0 Å². The van der Waals surface area contributed by atoms with Crippen molar-refractivity contribution in [2.45, 2.75) is 53.4 Å². The lowest BCUT2D eigenvalue weighted by Gasteiger charge is -2.01. The van der Waals surface area contributed by atoms with Gasteiger partial charge >= 0.3 is 0 Å². The molecule has 6 heteroatoms. The van der Waals surface area contributed by atoms with E-state index in [1.807, 2.05) is 27.7 Å². The highest BCUT2D eigenvalue weighted by Crippen LogP contribution is 2.00. The van der Waals surface area contributed by atoms with Gasteiger partial charge in [-0.2, -0.15) is 10.2 Å². The van der Waals surface area contributed by atoms with Crippen LogP contribution in [0.1, 0.15) is 53.4 Å². The van der Waals surface area contributed by atoms with Gasteiger partial charge in [-0.3, -0.25) is 9.59 Å². The number of nitrogens with zero attached hydrogens (tertiary/aromatic N) is 2. The Kier molecular flexibility index (Phi) is 10.2. The fraction of sp³-hybridized carbons (Fsp3) is 0.714. The first-order valence-corrected chi connectivity index (χ1v) is 7.06. The SMILES string of the molecule is CC(C)/C=N\NC(=O)CCCCC(=O)N/N=C/C(C)C. The van der Waals surface area contributed by atoms with Crippen molar-refractivity contribution < 1.29 is 9.59 Å². The van der Waals surface area contributed by atoms with E-state index in [-0.39, 0.29) is 11.8 Å². The molecule has 2 N–H and O–H groups in total. The lowest BCUT2D eigenvalue weighted by atomic mass is 10.2. The highest BCUT2D eigenvalue weighted by Gasteiger charge is 2.02. The quantitative estimate of drug-likeness (QED) is 0.385. The van der Waals surface area contributed by atoms with Crippen LogP contribution in [0.3, 0.4) is 0 Å². The molecule has 0 fully saturated rings. The molecule has 0 aromatic heterocycles. The third-order valence-corrected chi connectivity index (χ3v) is 2.18. The van der Waals surface area contributed by atoms with Crippen molar-refractivity contribution in [1.82, 2.24) is 10.9 Å². The Morgan fingerprint density at radius 2 is 1.20 bits per heavy atom. The number of amides is 2. The molecule has 0 atom stereocenters. The van der Waals surface area contributed by atoms with E-state index in [9.17, 15) is 9.59 Å². The van der Waals surface area contributed by atoms with Gasteiger partial charge in [-0.05, 0) is 24.7 Å². The van der Waals surface area contributed by atoms with Gasteiger partial charge in [0.2, 0.25) is 11.8 Å². The molecule has 6 nitrogen and oxygen atoms in total. The lowest BCUT2D eigenvalue weighted by molar-refractivity contribution is -0.123. The summed E-state index contributed by atoms with van der Waals surface area (Å²) in [4.78, 5) is 22.7. The molecule has 20 heavy (non-hydrogen) atoms. The van der Waals surface area contributed by atoms with Gasteiger partial charge in [0.15, 0.2) is 0 Å². The minimum absolute atomic E-state index is 0.125. The highest BCUT2D eigenvalue weighted by atomic mass is 16.2. The molecule has 0 aliphatic carbocycles. The highest BCUT2D eigenvalue weighted by molar-refractivity contribution is 5.78. The average Bonchev–Trinajstić information content (AvgIpc) is 2.33. The molecular formula is C14H26N4O2. The molecule has 0 saturated carbocycles. The third kappa shape index (κ3) is 12.7. The van der Waals surface area contributed by atoms with Crippen molar-refractivity contribution in [3.05, 3.63) is 0 Å². The summed E-state index contributed by atoms with van der Waals surface area (Å²) in [6.07, 6.45) is 5.42. The van der Waals surface area contributed by atoms with Gasteiger partial charge < -0.3 is 0 Å². The van der Waals surface area contributed by atoms with Crippen LogP contribution in [0.5, 0.6) is 0 Å². The molecule has 0 spiro atoms. The van der Waals surface area contributed by atoms with Crippen molar-refractivity contribution in [1.29, 1.82) is 0 Å². The van der Waals surface area contributed by atoms with Crippen molar-refractivity contribution in [2.24, 2.45) is 22.0 Å². The normalized spacial score (nSPS) is 11.7. The molecule has 0 heterocycles. The molecule has 0 aliphatic heterocycles. The summed E-state index contributed by atoms with van der Waals surface area (Å²) in [5, 5.41) is 7.64. The Labute approximate surface area is 121 Å². The monoisotopic (exact) mass is 282 g/mol. The molecule has 0 aliphatic rings. The maximum absolute atomic E-state index is 11.4. The molecule has 0 unspecified atom stereocenters. The minimum atomic E-state index is -0.125. The fourth-order valence-electron chi connectivity index (χ4n) is 1.20. The molecule has 0 radical (unpaired) electrons. The number of unbranched alkanes of at least 4 members (excludes halogenated alkanes) is 1. The van der Waals surface area contributed by atoms with Crippen molar-refractivity contribution >= 4 is 24.2 Å². The first-order valence-electron chi connectivity index (χ1n) is 7.06. The van der Waals surface area contributed by atoms with Crippen molar-refractivity contribution in [3.8, 4) is 0 Å². The average molecular weight is 282 g/mol. The zero-order valence-electron chi connectivity index (χ0n) is 12.8. The Morgan fingerprint density at radius 1 is 0.850 bits per heavy atom. The number of rotatable bonds is 9. The van der Waals surface area contributed by atoms with Crippen LogP contribution in [0.15, 0.2) is 10.2 Å². The number of nitrogens with one attached hydrogen (secondary N) is 2. The number of carbonyl (C=O) groups excluding carboxylic acids is 2. The lowest BCUT2D eigenvalue weighted by Crippen LogP contribution is -2.19. The summed E-state index contributed by atoms with van der Waals surface area (Å²) in [5.41, 5.74) is 4.91. The minimum Gasteiger partial charge on any atom is -0.273 e. The van der Waals surface area contributed by atoms with Crippen molar-refractivity contribution in [3.63, 3.8) is 0 Å². The Hall–Kier alpha value is -1.72. The number of carbonyl (C=O) groups is 2. The molecule has 0 bridgehead atoms.